The summed E-state index contributed by atoms with van der Waals surface area (Å²) >= 11 is 0. The van der Waals surface area contributed by atoms with Crippen LogP contribution >= 0.6 is 0 Å². The molecule has 1 N–H and O–H groups in total. The van der Waals surface area contributed by atoms with Crippen LogP contribution in [0.15, 0.2) is 67.0 Å². The summed E-state index contributed by atoms with van der Waals surface area (Å²) < 4.78 is 3.56. The van der Waals surface area contributed by atoms with E-state index in [9.17, 15) is 14.4 Å². The standard InChI is InChI=1S/C27H27N7O3/c1-17-13-23(19(3)34(17)18(2)20-9-6-5-7-10-20)24(35)15-32-25(36)27(4,29-26(32)37)21-11-8-12-22(14-21)33-16-28-30-31-33/h5-14,16,18H,15H2,1-4H3,(H,29,37)/t18-,27-/m0/s1. The number of nitrogens with one attached hydrogen (secondary N) is 1. The Morgan fingerprint density at radius 3 is 2.51 bits per heavy atom. The predicted octanol–water partition coefficient (Wildman–Crippen LogP) is 3.34. The third-order valence-corrected chi connectivity index (χ3v) is 7.07. The SMILES string of the molecule is Cc1cc(C(=O)CN2C(=O)N[C@@](C)(c3cccc(-n4cnnn4)c3)C2=O)c(C)n1[C@@H](C)c1ccccc1. The van der Waals surface area contributed by atoms with Gasteiger partial charge in [-0.05, 0) is 67.4 Å². The molecule has 0 aliphatic carbocycles. The quantitative estimate of drug-likeness (QED) is 0.309. The molecule has 188 valence electrons. The van der Waals surface area contributed by atoms with Crippen molar-refractivity contribution in [1.29, 1.82) is 0 Å². The second-order valence-corrected chi connectivity index (χ2v) is 9.42. The van der Waals surface area contributed by atoms with Crippen LogP contribution in [0.5, 0.6) is 0 Å². The molecule has 10 heteroatoms. The highest BCUT2D eigenvalue weighted by Gasteiger charge is 2.49. The highest BCUT2D eigenvalue weighted by Crippen LogP contribution is 2.31. The highest BCUT2D eigenvalue weighted by molar-refractivity contribution is 6.11. The summed E-state index contributed by atoms with van der Waals surface area (Å²) in [6.07, 6.45) is 1.44. The van der Waals surface area contributed by atoms with Gasteiger partial charge in [-0.2, -0.15) is 0 Å². The second kappa shape index (κ2) is 9.12. The van der Waals surface area contributed by atoms with E-state index in [-0.39, 0.29) is 18.4 Å². The molecule has 1 fully saturated rings. The Morgan fingerprint density at radius 2 is 1.81 bits per heavy atom. The Hall–Kier alpha value is -4.60. The minimum Gasteiger partial charge on any atom is -0.341 e. The number of benzene rings is 2. The molecule has 0 spiro atoms. The number of aromatic nitrogens is 5. The molecule has 1 aliphatic rings. The van der Waals surface area contributed by atoms with Crippen molar-refractivity contribution in [2.24, 2.45) is 0 Å². The third kappa shape index (κ3) is 4.10. The smallest absolute Gasteiger partial charge is 0.325 e. The number of rotatable bonds is 7. The maximum atomic E-state index is 13.5. The van der Waals surface area contributed by atoms with Crippen molar-refractivity contribution in [2.75, 3.05) is 6.54 Å². The second-order valence-electron chi connectivity index (χ2n) is 9.42. The van der Waals surface area contributed by atoms with Crippen molar-refractivity contribution < 1.29 is 14.4 Å². The van der Waals surface area contributed by atoms with Gasteiger partial charge in [0.05, 0.1) is 18.3 Å². The van der Waals surface area contributed by atoms with Gasteiger partial charge >= 0.3 is 6.03 Å². The minimum atomic E-state index is -1.33. The van der Waals surface area contributed by atoms with Crippen LogP contribution in [0.3, 0.4) is 0 Å². The van der Waals surface area contributed by atoms with Crippen molar-refractivity contribution in [3.63, 3.8) is 0 Å². The van der Waals surface area contributed by atoms with Crippen LogP contribution in [0.4, 0.5) is 4.79 Å². The van der Waals surface area contributed by atoms with E-state index in [0.717, 1.165) is 21.9 Å². The van der Waals surface area contributed by atoms with E-state index in [1.165, 1.54) is 11.0 Å². The van der Waals surface area contributed by atoms with Gasteiger partial charge in [0.2, 0.25) is 0 Å². The molecule has 5 rings (SSSR count). The van der Waals surface area contributed by atoms with Crippen LogP contribution < -0.4 is 5.32 Å². The average molecular weight is 498 g/mol. The Kier molecular flexibility index (Phi) is 5.94. The number of ketones is 1. The molecule has 0 saturated carbocycles. The number of hydrogen-bond acceptors (Lipinski definition) is 6. The lowest BCUT2D eigenvalue weighted by Gasteiger charge is -2.22. The van der Waals surface area contributed by atoms with Gasteiger partial charge in [0.1, 0.15) is 11.9 Å². The Balaban J connectivity index is 1.39. The lowest BCUT2D eigenvalue weighted by Crippen LogP contribution is -2.41. The third-order valence-electron chi connectivity index (χ3n) is 7.07. The molecule has 0 radical (unpaired) electrons. The summed E-state index contributed by atoms with van der Waals surface area (Å²) in [7, 11) is 0. The monoisotopic (exact) mass is 497 g/mol. The average Bonchev–Trinajstić information content (AvgIpc) is 3.59. The number of nitrogens with zero attached hydrogens (tertiary/aromatic N) is 6. The van der Waals surface area contributed by atoms with Crippen molar-refractivity contribution in [1.82, 2.24) is 35.0 Å². The molecule has 37 heavy (non-hydrogen) atoms. The first kappa shape index (κ1) is 24.1. The zero-order chi connectivity index (χ0) is 26.3. The van der Waals surface area contributed by atoms with Gasteiger partial charge in [-0.1, -0.05) is 42.5 Å². The summed E-state index contributed by atoms with van der Waals surface area (Å²) in [6.45, 7) is 7.20. The summed E-state index contributed by atoms with van der Waals surface area (Å²) in [5.74, 6) is -0.791. The predicted molar refractivity (Wildman–Crippen MR) is 135 cm³/mol. The normalized spacial score (nSPS) is 18.2. The maximum Gasteiger partial charge on any atom is 0.325 e. The summed E-state index contributed by atoms with van der Waals surface area (Å²) in [6, 6.07) is 18.3. The van der Waals surface area contributed by atoms with Crippen LogP contribution in [0.2, 0.25) is 0 Å². The number of aryl methyl sites for hydroxylation is 1. The summed E-state index contributed by atoms with van der Waals surface area (Å²) in [5.41, 5.74) is 3.21. The lowest BCUT2D eigenvalue weighted by molar-refractivity contribution is -0.130. The van der Waals surface area contributed by atoms with E-state index >= 15 is 0 Å². The van der Waals surface area contributed by atoms with Crippen LogP contribution in [-0.4, -0.2) is 53.9 Å². The van der Waals surface area contributed by atoms with Gasteiger partial charge in [-0.3, -0.25) is 14.5 Å². The van der Waals surface area contributed by atoms with E-state index in [2.05, 4.69) is 32.3 Å². The molecule has 3 heterocycles. The Labute approximate surface area is 213 Å². The fourth-order valence-corrected chi connectivity index (χ4v) is 5.04. The van der Waals surface area contributed by atoms with Gasteiger partial charge < -0.3 is 9.88 Å². The van der Waals surface area contributed by atoms with E-state index in [0.29, 0.717) is 16.8 Å². The molecule has 2 atom stereocenters. The van der Waals surface area contributed by atoms with Gasteiger partial charge in [-0.15, -0.1) is 5.10 Å². The van der Waals surface area contributed by atoms with Gasteiger partial charge in [0, 0.05) is 17.0 Å². The van der Waals surface area contributed by atoms with E-state index in [1.54, 1.807) is 31.2 Å². The van der Waals surface area contributed by atoms with Gasteiger partial charge in [-0.25, -0.2) is 9.48 Å². The number of Topliss-reactive ketones (excluding diaryl/α,β-unsaturated/α-hetero) is 1. The summed E-state index contributed by atoms with van der Waals surface area (Å²) in [5, 5.41) is 13.9. The molecular formula is C27H27N7O3. The molecule has 0 unspecified atom stereocenters. The largest absolute Gasteiger partial charge is 0.341 e. The number of urea groups is 1. The van der Waals surface area contributed by atoms with Crippen molar-refractivity contribution in [2.45, 2.75) is 39.3 Å². The maximum absolute atomic E-state index is 13.5. The molecule has 0 bridgehead atoms. The van der Waals surface area contributed by atoms with Gasteiger partial charge in [0.15, 0.2) is 5.78 Å². The van der Waals surface area contributed by atoms with Gasteiger partial charge in [0.25, 0.3) is 5.91 Å². The number of tetrazole rings is 1. The van der Waals surface area contributed by atoms with Crippen LogP contribution in [0.1, 0.15) is 52.8 Å². The van der Waals surface area contributed by atoms with E-state index < -0.39 is 17.5 Å². The van der Waals surface area contributed by atoms with Crippen LogP contribution in [-0.2, 0) is 10.3 Å². The first-order valence-electron chi connectivity index (χ1n) is 12.0. The Bertz CT molecular complexity index is 1490. The molecule has 10 nitrogen and oxygen atoms in total. The van der Waals surface area contributed by atoms with Crippen molar-refractivity contribution in [3.8, 4) is 5.69 Å². The van der Waals surface area contributed by atoms with Crippen molar-refractivity contribution >= 4 is 17.7 Å². The Morgan fingerprint density at radius 1 is 1.05 bits per heavy atom. The molecule has 2 aromatic carbocycles. The highest BCUT2D eigenvalue weighted by atomic mass is 16.2. The zero-order valence-electron chi connectivity index (χ0n) is 21.0. The zero-order valence-corrected chi connectivity index (χ0v) is 21.0. The molecule has 1 saturated heterocycles. The van der Waals surface area contributed by atoms with E-state index in [4.69, 9.17) is 0 Å². The number of hydrogen-bond donors (Lipinski definition) is 1. The molecule has 2 aromatic heterocycles. The summed E-state index contributed by atoms with van der Waals surface area (Å²) in [4.78, 5) is 40.8. The fraction of sp³-hybridized carbons (Fsp3) is 0.259. The van der Waals surface area contributed by atoms with E-state index in [1.807, 2.05) is 50.2 Å². The number of carbonyl (C=O) groups is 3. The fourth-order valence-electron chi connectivity index (χ4n) is 5.04. The number of amides is 3. The molecule has 4 aromatic rings. The first-order valence-corrected chi connectivity index (χ1v) is 12.0. The number of carbonyl (C=O) groups excluding carboxylic acids is 3. The number of imide groups is 1. The first-order chi connectivity index (χ1) is 17.7. The molecule has 1 aliphatic heterocycles. The van der Waals surface area contributed by atoms with Crippen LogP contribution in [0, 0.1) is 13.8 Å². The minimum absolute atomic E-state index is 0.0234. The van der Waals surface area contributed by atoms with Crippen molar-refractivity contribution in [3.05, 3.63) is 95.1 Å². The van der Waals surface area contributed by atoms with Crippen LogP contribution in [0.25, 0.3) is 5.69 Å². The lowest BCUT2D eigenvalue weighted by atomic mass is 9.91. The molecular weight excluding hydrogens is 470 g/mol. The molecule has 3 amide bonds. The topological polar surface area (TPSA) is 115 Å².